The summed E-state index contributed by atoms with van der Waals surface area (Å²) >= 11 is 1.31. The van der Waals surface area contributed by atoms with Crippen LogP contribution in [0.1, 0.15) is 5.56 Å². The van der Waals surface area contributed by atoms with Gasteiger partial charge >= 0.3 is 0 Å². The minimum absolute atomic E-state index is 0.209. The summed E-state index contributed by atoms with van der Waals surface area (Å²) < 4.78 is 8.99. The lowest BCUT2D eigenvalue weighted by molar-refractivity contribution is 0.415. The molecule has 188 valence electrons. The molecule has 4 aromatic carbocycles. The molecule has 0 saturated carbocycles. The van der Waals surface area contributed by atoms with Crippen molar-refractivity contribution in [2.45, 2.75) is 0 Å². The van der Waals surface area contributed by atoms with Crippen molar-refractivity contribution in [2.24, 2.45) is 0 Å². The van der Waals surface area contributed by atoms with Crippen LogP contribution >= 0.6 is 11.3 Å². The Kier molecular flexibility index (Phi) is 5.53. The van der Waals surface area contributed by atoms with E-state index in [1.165, 1.54) is 15.9 Å². The number of benzene rings is 4. The molecule has 0 saturated heterocycles. The molecule has 0 aliphatic carbocycles. The molecule has 7 aromatic rings. The standard InChI is InChI=1S/C31H21N5O2S/c1-38-26-15-13-21(14-16-26)29-32-31-36(34-29)30(37)27(39-31)18-24-19-35(25-9-3-2-4-10-25)33-28(24)23-12-11-20-7-5-6-8-22(20)17-23/h2-19H,1H3. The molecule has 0 spiro atoms. The zero-order valence-electron chi connectivity index (χ0n) is 20.9. The number of hydrogen-bond donors (Lipinski definition) is 0. The van der Waals surface area contributed by atoms with Gasteiger partial charge in [0.2, 0.25) is 4.96 Å². The zero-order chi connectivity index (χ0) is 26.3. The quantitative estimate of drug-likeness (QED) is 0.301. The van der Waals surface area contributed by atoms with Crippen LogP contribution < -0.4 is 14.8 Å². The monoisotopic (exact) mass is 527 g/mol. The molecule has 3 heterocycles. The fourth-order valence-electron chi connectivity index (χ4n) is 4.60. The highest BCUT2D eigenvalue weighted by Crippen LogP contribution is 2.28. The van der Waals surface area contributed by atoms with Gasteiger partial charge in [0.1, 0.15) is 11.4 Å². The SMILES string of the molecule is COc1ccc(-c2nc3sc(=Cc4cn(-c5ccccc5)nc4-c4ccc5ccccc5c4)c(=O)n3n2)cc1. The molecule has 0 bridgehead atoms. The van der Waals surface area contributed by atoms with Crippen LogP contribution in [0.15, 0.2) is 108 Å². The highest BCUT2D eigenvalue weighted by molar-refractivity contribution is 7.15. The summed E-state index contributed by atoms with van der Waals surface area (Å²) in [5, 5.41) is 11.7. The number of fused-ring (bicyclic) bond motifs is 2. The number of nitrogens with zero attached hydrogens (tertiary/aromatic N) is 5. The maximum absolute atomic E-state index is 13.4. The lowest BCUT2D eigenvalue weighted by Crippen LogP contribution is -2.23. The molecule has 0 fully saturated rings. The minimum Gasteiger partial charge on any atom is -0.497 e. The van der Waals surface area contributed by atoms with Gasteiger partial charge in [-0.2, -0.15) is 14.6 Å². The van der Waals surface area contributed by atoms with Crippen LogP contribution in [0.2, 0.25) is 0 Å². The van der Waals surface area contributed by atoms with Gasteiger partial charge in [0, 0.05) is 22.9 Å². The topological polar surface area (TPSA) is 74.3 Å². The fourth-order valence-corrected chi connectivity index (χ4v) is 5.50. The molecule has 0 radical (unpaired) electrons. The first-order chi connectivity index (χ1) is 19.2. The number of methoxy groups -OCH3 is 1. The van der Waals surface area contributed by atoms with E-state index in [9.17, 15) is 4.79 Å². The predicted octanol–water partition coefficient (Wildman–Crippen LogP) is 5.38. The van der Waals surface area contributed by atoms with Crippen molar-refractivity contribution in [2.75, 3.05) is 7.11 Å². The van der Waals surface area contributed by atoms with E-state index < -0.39 is 0 Å². The van der Waals surface area contributed by atoms with E-state index in [2.05, 4.69) is 40.4 Å². The number of rotatable bonds is 5. The molecule has 0 unspecified atom stereocenters. The number of aromatic nitrogens is 5. The molecule has 0 amide bonds. The summed E-state index contributed by atoms with van der Waals surface area (Å²) in [5.74, 6) is 1.25. The average Bonchev–Trinajstić information content (AvgIpc) is 3.68. The van der Waals surface area contributed by atoms with Crippen molar-refractivity contribution >= 4 is 33.1 Å². The first kappa shape index (κ1) is 23.1. The van der Waals surface area contributed by atoms with Crippen molar-refractivity contribution in [3.05, 3.63) is 124 Å². The molecule has 0 aliphatic rings. The van der Waals surface area contributed by atoms with Crippen LogP contribution in [0.4, 0.5) is 0 Å². The molecule has 0 aliphatic heterocycles. The minimum atomic E-state index is -0.209. The maximum Gasteiger partial charge on any atom is 0.291 e. The van der Waals surface area contributed by atoms with Crippen LogP contribution in [-0.2, 0) is 0 Å². The Hall–Kier alpha value is -5.08. The first-order valence-electron chi connectivity index (χ1n) is 12.4. The van der Waals surface area contributed by atoms with Crippen molar-refractivity contribution in [1.29, 1.82) is 0 Å². The van der Waals surface area contributed by atoms with Gasteiger partial charge in [-0.1, -0.05) is 65.9 Å². The summed E-state index contributed by atoms with van der Waals surface area (Å²) in [4.78, 5) is 18.5. The highest BCUT2D eigenvalue weighted by atomic mass is 32.1. The van der Waals surface area contributed by atoms with Crippen LogP contribution in [-0.4, -0.2) is 31.5 Å². The van der Waals surface area contributed by atoms with Gasteiger partial charge in [-0.25, -0.2) is 4.68 Å². The number of thiazole rings is 1. The van der Waals surface area contributed by atoms with E-state index in [0.717, 1.165) is 44.6 Å². The molecule has 39 heavy (non-hydrogen) atoms. The molecule has 3 aromatic heterocycles. The molecule has 7 rings (SSSR count). The second-order valence-electron chi connectivity index (χ2n) is 9.05. The summed E-state index contributed by atoms with van der Waals surface area (Å²) in [6, 6.07) is 31.9. The summed E-state index contributed by atoms with van der Waals surface area (Å²) in [6.45, 7) is 0. The highest BCUT2D eigenvalue weighted by Gasteiger charge is 2.15. The Balaban J connectivity index is 1.36. The third-order valence-corrected chi connectivity index (χ3v) is 7.56. The molecule has 7 nitrogen and oxygen atoms in total. The zero-order valence-corrected chi connectivity index (χ0v) is 21.7. The number of ether oxygens (including phenoxy) is 1. The van der Waals surface area contributed by atoms with E-state index in [-0.39, 0.29) is 5.56 Å². The Labute approximate surface area is 226 Å². The van der Waals surface area contributed by atoms with Crippen molar-refractivity contribution in [3.63, 3.8) is 0 Å². The van der Waals surface area contributed by atoms with Gasteiger partial charge in [0.05, 0.1) is 17.3 Å². The largest absolute Gasteiger partial charge is 0.497 e. The average molecular weight is 528 g/mol. The number of hydrogen-bond acceptors (Lipinski definition) is 6. The van der Waals surface area contributed by atoms with Crippen LogP contribution in [0, 0.1) is 0 Å². The number of para-hydroxylation sites is 1. The molecule has 0 atom stereocenters. The van der Waals surface area contributed by atoms with Crippen LogP contribution in [0.3, 0.4) is 0 Å². The second-order valence-corrected chi connectivity index (χ2v) is 10.1. The maximum atomic E-state index is 13.4. The molecule has 0 N–H and O–H groups in total. The normalized spacial score (nSPS) is 12.0. The molecular formula is C31H21N5O2S. The Morgan fingerprint density at radius 2 is 1.56 bits per heavy atom. The van der Waals surface area contributed by atoms with Crippen molar-refractivity contribution < 1.29 is 4.74 Å². The summed E-state index contributed by atoms with van der Waals surface area (Å²) in [7, 11) is 1.62. The van der Waals surface area contributed by atoms with E-state index >= 15 is 0 Å². The van der Waals surface area contributed by atoms with Crippen molar-refractivity contribution in [3.8, 4) is 34.1 Å². The molecule has 8 heteroatoms. The van der Waals surface area contributed by atoms with Crippen molar-refractivity contribution in [1.82, 2.24) is 24.4 Å². The van der Waals surface area contributed by atoms with E-state index in [4.69, 9.17) is 9.84 Å². The fraction of sp³-hybridized carbons (Fsp3) is 0.0323. The van der Waals surface area contributed by atoms with E-state index in [0.29, 0.717) is 15.3 Å². The van der Waals surface area contributed by atoms with E-state index in [1.54, 1.807) is 7.11 Å². The third kappa shape index (κ3) is 4.17. The van der Waals surface area contributed by atoms with Gasteiger partial charge in [0.25, 0.3) is 5.56 Å². The Morgan fingerprint density at radius 1 is 0.821 bits per heavy atom. The van der Waals surface area contributed by atoms with Gasteiger partial charge in [-0.05, 0) is 59.3 Å². The molecular weight excluding hydrogens is 506 g/mol. The van der Waals surface area contributed by atoms with Gasteiger partial charge in [0.15, 0.2) is 5.82 Å². The van der Waals surface area contributed by atoms with Gasteiger partial charge in [-0.15, -0.1) is 5.10 Å². The smallest absolute Gasteiger partial charge is 0.291 e. The van der Waals surface area contributed by atoms with Gasteiger partial charge < -0.3 is 4.74 Å². The first-order valence-corrected chi connectivity index (χ1v) is 13.2. The predicted molar refractivity (Wildman–Crippen MR) is 154 cm³/mol. The van der Waals surface area contributed by atoms with Crippen LogP contribution in [0.25, 0.3) is 50.1 Å². The second kappa shape index (κ2) is 9.34. The lowest BCUT2D eigenvalue weighted by atomic mass is 10.0. The summed E-state index contributed by atoms with van der Waals surface area (Å²) in [5.41, 5.74) is 4.16. The lowest BCUT2D eigenvalue weighted by Gasteiger charge is -2.03. The van der Waals surface area contributed by atoms with Gasteiger partial charge in [-0.3, -0.25) is 4.79 Å². The van der Waals surface area contributed by atoms with Crippen LogP contribution in [0.5, 0.6) is 5.75 Å². The summed E-state index contributed by atoms with van der Waals surface area (Å²) in [6.07, 6.45) is 3.84. The Bertz CT molecular complexity index is 2080. The Morgan fingerprint density at radius 3 is 2.33 bits per heavy atom. The third-order valence-electron chi connectivity index (χ3n) is 6.60. The van der Waals surface area contributed by atoms with E-state index in [1.807, 2.05) is 83.7 Å².